The Hall–Kier alpha value is -2.37. The Kier molecular flexibility index (Phi) is 6.56. The van der Waals surface area contributed by atoms with Crippen LogP contribution in [0.4, 0.5) is 5.69 Å². The maximum Gasteiger partial charge on any atom is 0.224 e. The first kappa shape index (κ1) is 19.0. The Morgan fingerprint density at radius 2 is 1.68 bits per heavy atom. The summed E-state index contributed by atoms with van der Waals surface area (Å²) < 4.78 is 0. The summed E-state index contributed by atoms with van der Waals surface area (Å²) in [5, 5.41) is 2.85. The number of hydrogen-bond donors (Lipinski definition) is 1. The molecule has 1 saturated heterocycles. The average Bonchev–Trinajstić information content (AvgIpc) is 2.60. The third-order valence-corrected chi connectivity index (χ3v) is 4.48. The minimum absolute atomic E-state index is 0.0331. The van der Waals surface area contributed by atoms with Gasteiger partial charge in [-0.25, -0.2) is 0 Å². The summed E-state index contributed by atoms with van der Waals surface area (Å²) >= 11 is 0. The summed E-state index contributed by atoms with van der Waals surface area (Å²) in [7, 11) is 0. The zero-order chi connectivity index (χ0) is 18.4. The number of hydrogen-bond acceptors (Lipinski definition) is 3. The van der Waals surface area contributed by atoms with Gasteiger partial charge in [0.2, 0.25) is 17.7 Å². The van der Waals surface area contributed by atoms with Crippen molar-refractivity contribution in [1.29, 1.82) is 0 Å². The van der Waals surface area contributed by atoms with Crippen molar-refractivity contribution in [3.05, 3.63) is 29.8 Å². The molecule has 3 amide bonds. The van der Waals surface area contributed by atoms with E-state index in [1.54, 1.807) is 9.80 Å². The third kappa shape index (κ3) is 5.59. The van der Waals surface area contributed by atoms with Crippen LogP contribution in [-0.4, -0.2) is 53.7 Å². The van der Waals surface area contributed by atoms with Gasteiger partial charge >= 0.3 is 0 Å². The number of rotatable bonds is 5. The van der Waals surface area contributed by atoms with Gasteiger partial charge in [-0.05, 0) is 23.6 Å². The number of carbonyl (C=O) groups excluding carboxylic acids is 3. The lowest BCUT2D eigenvalue weighted by molar-refractivity contribution is -0.138. The Bertz CT molecular complexity index is 635. The van der Waals surface area contributed by atoms with Crippen LogP contribution in [0.3, 0.4) is 0 Å². The van der Waals surface area contributed by atoms with E-state index in [0.717, 1.165) is 11.3 Å². The van der Waals surface area contributed by atoms with Gasteiger partial charge in [0.05, 0.1) is 0 Å². The van der Waals surface area contributed by atoms with Gasteiger partial charge in [-0.15, -0.1) is 0 Å². The minimum Gasteiger partial charge on any atom is -0.339 e. The van der Waals surface area contributed by atoms with Gasteiger partial charge in [0.15, 0.2) is 0 Å². The maximum atomic E-state index is 12.2. The van der Waals surface area contributed by atoms with Crippen molar-refractivity contribution in [3.8, 4) is 0 Å². The largest absolute Gasteiger partial charge is 0.339 e. The molecule has 0 unspecified atom stereocenters. The first-order valence-corrected chi connectivity index (χ1v) is 8.80. The predicted molar refractivity (Wildman–Crippen MR) is 97.2 cm³/mol. The molecule has 1 aromatic carbocycles. The highest BCUT2D eigenvalue weighted by atomic mass is 16.2. The molecule has 6 heteroatoms. The number of carbonyl (C=O) groups is 3. The molecule has 0 aliphatic carbocycles. The molecule has 6 nitrogen and oxygen atoms in total. The zero-order valence-corrected chi connectivity index (χ0v) is 15.2. The quantitative estimate of drug-likeness (QED) is 0.889. The van der Waals surface area contributed by atoms with E-state index in [1.807, 2.05) is 24.3 Å². The summed E-state index contributed by atoms with van der Waals surface area (Å²) in [6.45, 7) is 7.95. The van der Waals surface area contributed by atoms with Gasteiger partial charge in [-0.1, -0.05) is 26.0 Å². The predicted octanol–water partition coefficient (Wildman–Crippen LogP) is 2.22. The van der Waals surface area contributed by atoms with Crippen LogP contribution < -0.4 is 5.32 Å². The summed E-state index contributed by atoms with van der Waals surface area (Å²) in [5.41, 5.74) is 1.93. The number of nitrogens with one attached hydrogen (secondary N) is 1. The van der Waals surface area contributed by atoms with Crippen molar-refractivity contribution in [1.82, 2.24) is 9.80 Å². The zero-order valence-electron chi connectivity index (χ0n) is 15.2. The number of piperazine rings is 1. The van der Waals surface area contributed by atoms with E-state index < -0.39 is 0 Å². The van der Waals surface area contributed by atoms with Crippen molar-refractivity contribution < 1.29 is 14.4 Å². The van der Waals surface area contributed by atoms with Crippen molar-refractivity contribution in [2.24, 2.45) is 0 Å². The Labute approximate surface area is 149 Å². The molecule has 25 heavy (non-hydrogen) atoms. The molecular weight excluding hydrogens is 318 g/mol. The normalized spacial score (nSPS) is 14.6. The molecule has 1 aromatic rings. The van der Waals surface area contributed by atoms with E-state index in [9.17, 15) is 14.4 Å². The van der Waals surface area contributed by atoms with Crippen LogP contribution in [0.5, 0.6) is 0 Å². The molecule has 136 valence electrons. The maximum absolute atomic E-state index is 12.2. The summed E-state index contributed by atoms with van der Waals surface area (Å²) in [4.78, 5) is 39.1. The van der Waals surface area contributed by atoms with E-state index in [-0.39, 0.29) is 30.6 Å². The van der Waals surface area contributed by atoms with E-state index in [4.69, 9.17) is 0 Å². The highest BCUT2D eigenvalue weighted by molar-refractivity contribution is 5.93. The SMILES string of the molecule is CC(=O)N1CCN(C(=O)CCC(=O)Nc2cccc(C(C)C)c2)CC1. The van der Waals surface area contributed by atoms with Gasteiger partial charge in [0.1, 0.15) is 0 Å². The van der Waals surface area contributed by atoms with Crippen molar-refractivity contribution in [3.63, 3.8) is 0 Å². The van der Waals surface area contributed by atoms with Crippen molar-refractivity contribution in [2.75, 3.05) is 31.5 Å². The Morgan fingerprint density at radius 1 is 1.04 bits per heavy atom. The van der Waals surface area contributed by atoms with Crippen LogP contribution in [0.25, 0.3) is 0 Å². The molecule has 2 rings (SSSR count). The lowest BCUT2D eigenvalue weighted by atomic mass is 10.0. The highest BCUT2D eigenvalue weighted by Gasteiger charge is 2.22. The molecule has 0 atom stereocenters. The number of anilines is 1. The Balaban J connectivity index is 1.77. The van der Waals surface area contributed by atoms with Crippen molar-refractivity contribution in [2.45, 2.75) is 39.5 Å². The lowest BCUT2D eigenvalue weighted by Crippen LogP contribution is -2.50. The van der Waals surface area contributed by atoms with Crippen molar-refractivity contribution >= 4 is 23.4 Å². The fourth-order valence-corrected chi connectivity index (χ4v) is 2.85. The van der Waals surface area contributed by atoms with Crippen LogP contribution >= 0.6 is 0 Å². The molecule has 0 bridgehead atoms. The summed E-state index contributed by atoms with van der Waals surface area (Å²) in [5.74, 6) is 0.244. The molecule has 1 aliphatic rings. The number of amides is 3. The third-order valence-electron chi connectivity index (χ3n) is 4.48. The second-order valence-electron chi connectivity index (χ2n) is 6.72. The summed E-state index contributed by atoms with van der Waals surface area (Å²) in [6, 6.07) is 7.77. The Morgan fingerprint density at radius 3 is 2.28 bits per heavy atom. The monoisotopic (exact) mass is 345 g/mol. The molecule has 1 N–H and O–H groups in total. The number of nitrogens with zero attached hydrogens (tertiary/aromatic N) is 2. The molecule has 0 saturated carbocycles. The molecule has 0 spiro atoms. The number of benzene rings is 1. The standard InChI is InChI=1S/C19H27N3O3/c1-14(2)16-5-4-6-17(13-16)20-18(24)7-8-19(25)22-11-9-21(10-12-22)15(3)23/h4-6,13-14H,7-12H2,1-3H3,(H,20,24). The van der Waals surface area contributed by atoms with Crippen LogP contribution in [0.1, 0.15) is 45.1 Å². The van der Waals surface area contributed by atoms with Gasteiger partial charge in [0, 0.05) is 51.6 Å². The topological polar surface area (TPSA) is 69.7 Å². The lowest BCUT2D eigenvalue weighted by Gasteiger charge is -2.34. The van der Waals surface area contributed by atoms with Crippen LogP contribution in [0.15, 0.2) is 24.3 Å². The molecule has 1 aliphatic heterocycles. The molecular formula is C19H27N3O3. The van der Waals surface area contributed by atoms with Gasteiger partial charge in [0.25, 0.3) is 0 Å². The van der Waals surface area contributed by atoms with Gasteiger partial charge in [-0.2, -0.15) is 0 Å². The fraction of sp³-hybridized carbons (Fsp3) is 0.526. The second-order valence-corrected chi connectivity index (χ2v) is 6.72. The van der Waals surface area contributed by atoms with Crippen LogP contribution in [0.2, 0.25) is 0 Å². The van der Waals surface area contributed by atoms with E-state index in [0.29, 0.717) is 32.1 Å². The molecule has 1 fully saturated rings. The fourth-order valence-electron chi connectivity index (χ4n) is 2.85. The van der Waals surface area contributed by atoms with Crippen LogP contribution in [-0.2, 0) is 14.4 Å². The minimum atomic E-state index is -0.156. The summed E-state index contributed by atoms with van der Waals surface area (Å²) in [6.07, 6.45) is 0.355. The van der Waals surface area contributed by atoms with Gasteiger partial charge in [-0.3, -0.25) is 14.4 Å². The van der Waals surface area contributed by atoms with Crippen LogP contribution in [0, 0.1) is 0 Å². The first-order valence-electron chi connectivity index (χ1n) is 8.80. The second kappa shape index (κ2) is 8.65. The van der Waals surface area contributed by atoms with E-state index in [1.165, 1.54) is 6.92 Å². The average molecular weight is 345 g/mol. The van der Waals surface area contributed by atoms with E-state index in [2.05, 4.69) is 19.2 Å². The molecule has 0 radical (unpaired) electrons. The van der Waals surface area contributed by atoms with Gasteiger partial charge < -0.3 is 15.1 Å². The van der Waals surface area contributed by atoms with E-state index >= 15 is 0 Å². The molecule has 1 heterocycles. The highest BCUT2D eigenvalue weighted by Crippen LogP contribution is 2.18. The smallest absolute Gasteiger partial charge is 0.224 e. The molecule has 0 aromatic heterocycles. The first-order chi connectivity index (χ1) is 11.9.